The van der Waals surface area contributed by atoms with Crippen LogP contribution in [0.2, 0.25) is 0 Å². The molecule has 0 aliphatic heterocycles. The fourth-order valence-electron chi connectivity index (χ4n) is 10.0. The van der Waals surface area contributed by atoms with Crippen LogP contribution in [0.5, 0.6) is 0 Å². The molecule has 10 rings (SSSR count). The van der Waals surface area contributed by atoms with Crippen molar-refractivity contribution in [3.63, 3.8) is 0 Å². The summed E-state index contributed by atoms with van der Waals surface area (Å²) in [6.07, 6.45) is 3.34. The van der Waals surface area contributed by atoms with E-state index in [1.54, 1.807) is 0 Å². The Hall–Kier alpha value is -6.38. The van der Waals surface area contributed by atoms with Crippen molar-refractivity contribution in [1.82, 2.24) is 4.57 Å². The lowest BCUT2D eigenvalue weighted by molar-refractivity contribution is 0.618. The van der Waals surface area contributed by atoms with E-state index in [0.717, 1.165) is 12.1 Å². The van der Waals surface area contributed by atoms with E-state index in [-0.39, 0.29) is 16.7 Å². The molecule has 0 saturated carbocycles. The Morgan fingerprint density at radius 1 is 0.579 bits per heavy atom. The highest BCUT2D eigenvalue weighted by molar-refractivity contribution is 6.10. The van der Waals surface area contributed by atoms with Crippen molar-refractivity contribution in [2.45, 2.75) is 57.8 Å². The van der Waals surface area contributed by atoms with Crippen molar-refractivity contribution in [3.05, 3.63) is 210 Å². The number of fused-ring (bicyclic) bond motifs is 7. The van der Waals surface area contributed by atoms with Crippen LogP contribution in [-0.4, -0.2) is 4.57 Å². The second-order valence-electron chi connectivity index (χ2n) is 17.1. The second-order valence-corrected chi connectivity index (χ2v) is 17.1. The molecule has 1 aromatic heterocycles. The molecule has 2 nitrogen and oxygen atoms in total. The molecule has 0 amide bonds. The number of hydrogen-bond donors (Lipinski definition) is 0. The highest BCUT2D eigenvalue weighted by Crippen LogP contribution is 2.52. The summed E-state index contributed by atoms with van der Waals surface area (Å²) in [6, 6.07) is 60.4. The molecule has 0 saturated heterocycles. The van der Waals surface area contributed by atoms with Crippen LogP contribution in [0, 0.1) is 0 Å². The fourth-order valence-corrected chi connectivity index (χ4v) is 10.0. The van der Waals surface area contributed by atoms with Gasteiger partial charge in [-0.2, -0.15) is 0 Å². The Labute approximate surface area is 337 Å². The van der Waals surface area contributed by atoms with Gasteiger partial charge in [0.1, 0.15) is 0 Å². The molecule has 0 fully saturated rings. The van der Waals surface area contributed by atoms with Crippen LogP contribution in [-0.2, 0) is 10.8 Å². The Bertz CT molecular complexity index is 2900. The zero-order valence-electron chi connectivity index (χ0n) is 33.6. The summed E-state index contributed by atoms with van der Waals surface area (Å²) in [7, 11) is 0. The Morgan fingerprint density at radius 2 is 1.21 bits per heavy atom. The van der Waals surface area contributed by atoms with Gasteiger partial charge in [-0.25, -0.2) is 0 Å². The number of hydrogen-bond acceptors (Lipinski definition) is 1. The predicted molar refractivity (Wildman–Crippen MR) is 242 cm³/mol. The van der Waals surface area contributed by atoms with Gasteiger partial charge < -0.3 is 9.47 Å². The minimum atomic E-state index is -0.0890. The van der Waals surface area contributed by atoms with E-state index in [9.17, 15) is 0 Å². The summed E-state index contributed by atoms with van der Waals surface area (Å²) >= 11 is 0. The molecule has 1 heterocycles. The maximum absolute atomic E-state index is 4.66. The van der Waals surface area contributed by atoms with Crippen LogP contribution in [0.25, 0.3) is 49.7 Å². The summed E-state index contributed by atoms with van der Waals surface area (Å²) < 4.78 is 2.38. The zero-order chi connectivity index (χ0) is 39.1. The van der Waals surface area contributed by atoms with Crippen molar-refractivity contribution in [2.24, 2.45) is 0 Å². The first kappa shape index (κ1) is 35.1. The first-order chi connectivity index (χ1) is 27.6. The molecule has 8 aromatic rings. The van der Waals surface area contributed by atoms with E-state index in [0.29, 0.717) is 0 Å². The third kappa shape index (κ3) is 5.46. The molecule has 2 aliphatic carbocycles. The van der Waals surface area contributed by atoms with Crippen LogP contribution in [0.15, 0.2) is 188 Å². The van der Waals surface area contributed by atoms with Crippen LogP contribution in [0.1, 0.15) is 69.2 Å². The molecule has 7 aromatic carbocycles. The number of nitrogens with zero attached hydrogens (tertiary/aromatic N) is 2. The topological polar surface area (TPSA) is 8.17 Å². The van der Waals surface area contributed by atoms with Gasteiger partial charge in [-0.05, 0) is 112 Å². The van der Waals surface area contributed by atoms with Crippen LogP contribution in [0.4, 0.5) is 11.4 Å². The Morgan fingerprint density at radius 3 is 2.02 bits per heavy atom. The van der Waals surface area contributed by atoms with Gasteiger partial charge >= 0.3 is 0 Å². The normalized spacial score (nSPS) is 16.5. The number of benzene rings is 7. The average Bonchev–Trinajstić information content (AvgIpc) is 3.76. The van der Waals surface area contributed by atoms with Crippen molar-refractivity contribution < 1.29 is 0 Å². The molecule has 57 heavy (non-hydrogen) atoms. The van der Waals surface area contributed by atoms with Gasteiger partial charge in [0.2, 0.25) is 0 Å². The second kappa shape index (κ2) is 13.1. The van der Waals surface area contributed by atoms with Gasteiger partial charge in [0.15, 0.2) is 0 Å². The quantitative estimate of drug-likeness (QED) is 0.148. The van der Waals surface area contributed by atoms with E-state index in [1.165, 1.54) is 89.0 Å². The zero-order valence-corrected chi connectivity index (χ0v) is 33.6. The highest BCUT2D eigenvalue weighted by atomic mass is 15.1. The summed E-state index contributed by atoms with van der Waals surface area (Å²) in [6.45, 7) is 16.3. The fraction of sp³-hybridized carbons (Fsp3) is 0.164. The van der Waals surface area contributed by atoms with Gasteiger partial charge in [0, 0.05) is 50.3 Å². The summed E-state index contributed by atoms with van der Waals surface area (Å²) in [5.74, 6) is 0.284. The van der Waals surface area contributed by atoms with Gasteiger partial charge in [-0.1, -0.05) is 155 Å². The summed E-state index contributed by atoms with van der Waals surface area (Å²) in [5.41, 5.74) is 19.0. The highest BCUT2D eigenvalue weighted by Gasteiger charge is 2.40. The maximum Gasteiger partial charge on any atom is 0.0541 e. The first-order valence-electron chi connectivity index (χ1n) is 20.3. The third-order valence-electron chi connectivity index (χ3n) is 13.2. The maximum atomic E-state index is 4.66. The molecule has 2 aliphatic rings. The lowest BCUT2D eigenvalue weighted by Crippen LogP contribution is -2.18. The standard InChI is InChI=1S/C55H48N2/c1-36(24-31-43-37(2)54(3,4)49-21-13-10-18-44(43)49)56(42-30-32-46-45-19-11-14-22-50(45)55(5,6)51(46)35-42)41-28-25-38(26-29-41)39-27-33-53-48(34-39)47-20-12-15-23-52(47)57(53)40-16-8-7-9-17-40/h7-30,32-35,43H,2,31H2,1,3-6H3/b36-24+. The smallest absolute Gasteiger partial charge is 0.0541 e. The third-order valence-corrected chi connectivity index (χ3v) is 13.2. The number of allylic oxidation sites excluding steroid dienone is 3. The number of rotatable bonds is 7. The lowest BCUT2D eigenvalue weighted by atomic mass is 9.81. The molecule has 0 N–H and O–H groups in total. The predicted octanol–water partition coefficient (Wildman–Crippen LogP) is 14.8. The van der Waals surface area contributed by atoms with E-state index in [1.807, 2.05) is 0 Å². The van der Waals surface area contributed by atoms with Gasteiger partial charge in [-0.15, -0.1) is 0 Å². The molecule has 0 radical (unpaired) electrons. The minimum absolute atomic E-state index is 0.0431. The SMILES string of the molecule is C=C1C(C/C=C(\C)N(c2ccc(-c3ccc4c(c3)c3ccccc3n4-c3ccccc3)cc2)c2ccc3c(c2)C(C)(C)c2ccccc2-3)c2ccccc2C1(C)C. The van der Waals surface area contributed by atoms with Crippen molar-refractivity contribution >= 4 is 33.2 Å². The molecular formula is C55H48N2. The number of para-hydroxylation sites is 2. The minimum Gasteiger partial charge on any atom is -0.315 e. The van der Waals surface area contributed by atoms with Crippen LogP contribution >= 0.6 is 0 Å². The van der Waals surface area contributed by atoms with Gasteiger partial charge in [0.25, 0.3) is 0 Å². The number of aromatic nitrogens is 1. The van der Waals surface area contributed by atoms with E-state index < -0.39 is 0 Å². The molecule has 2 heteroatoms. The molecule has 1 unspecified atom stereocenters. The average molecular weight is 737 g/mol. The Balaban J connectivity index is 1.05. The molecule has 0 spiro atoms. The number of anilines is 2. The molecular weight excluding hydrogens is 689 g/mol. The molecule has 1 atom stereocenters. The summed E-state index contributed by atoms with van der Waals surface area (Å²) in [5, 5.41) is 2.52. The van der Waals surface area contributed by atoms with E-state index in [4.69, 9.17) is 0 Å². The van der Waals surface area contributed by atoms with Crippen LogP contribution in [0.3, 0.4) is 0 Å². The summed E-state index contributed by atoms with van der Waals surface area (Å²) in [4.78, 5) is 2.45. The van der Waals surface area contributed by atoms with E-state index >= 15 is 0 Å². The van der Waals surface area contributed by atoms with Crippen molar-refractivity contribution in [2.75, 3.05) is 4.90 Å². The largest absolute Gasteiger partial charge is 0.315 e. The first-order valence-corrected chi connectivity index (χ1v) is 20.3. The molecule has 278 valence electrons. The Kier molecular flexibility index (Phi) is 8.06. The monoisotopic (exact) mass is 736 g/mol. The van der Waals surface area contributed by atoms with Crippen LogP contribution < -0.4 is 4.90 Å². The van der Waals surface area contributed by atoms with Crippen molar-refractivity contribution in [3.8, 4) is 27.9 Å². The lowest BCUT2D eigenvalue weighted by Gasteiger charge is -2.29. The van der Waals surface area contributed by atoms with Crippen molar-refractivity contribution in [1.29, 1.82) is 0 Å². The van der Waals surface area contributed by atoms with E-state index in [2.05, 4.69) is 221 Å². The van der Waals surface area contributed by atoms with Gasteiger partial charge in [0.05, 0.1) is 11.0 Å². The molecule has 0 bridgehead atoms. The van der Waals surface area contributed by atoms with Gasteiger partial charge in [-0.3, -0.25) is 0 Å².